The minimum atomic E-state index is 0.550. The topological polar surface area (TPSA) is 18.5 Å². The molecule has 0 amide bonds. The molecule has 1 unspecified atom stereocenters. The summed E-state index contributed by atoms with van der Waals surface area (Å²) < 4.78 is 0. The molecule has 1 aliphatic rings. The van der Waals surface area contributed by atoms with Crippen LogP contribution in [0.1, 0.15) is 33.1 Å². The Morgan fingerprint density at radius 2 is 1.94 bits per heavy atom. The summed E-state index contributed by atoms with van der Waals surface area (Å²) >= 11 is 0. The average molecular weight is 241 g/mol. The van der Waals surface area contributed by atoms with Gasteiger partial charge in [-0.05, 0) is 65.0 Å². The molecule has 1 heterocycles. The van der Waals surface area contributed by atoms with Gasteiger partial charge in [0.25, 0.3) is 0 Å². The molecule has 1 rings (SSSR count). The van der Waals surface area contributed by atoms with Gasteiger partial charge in [0.15, 0.2) is 0 Å². The second-order valence-electron chi connectivity index (χ2n) is 5.81. The maximum Gasteiger partial charge on any atom is 0.00504 e. The van der Waals surface area contributed by atoms with Gasteiger partial charge < -0.3 is 15.1 Å². The van der Waals surface area contributed by atoms with E-state index in [9.17, 15) is 0 Å². The molecular weight excluding hydrogens is 210 g/mol. The first-order valence-electron chi connectivity index (χ1n) is 7.19. The molecule has 1 N–H and O–H groups in total. The maximum absolute atomic E-state index is 3.53. The van der Waals surface area contributed by atoms with Crippen LogP contribution in [0.5, 0.6) is 0 Å². The van der Waals surface area contributed by atoms with Gasteiger partial charge in [-0.3, -0.25) is 0 Å². The molecule has 0 aromatic rings. The molecule has 1 atom stereocenters. The summed E-state index contributed by atoms with van der Waals surface area (Å²) in [7, 11) is 4.31. The van der Waals surface area contributed by atoms with E-state index >= 15 is 0 Å². The molecule has 3 heteroatoms. The Morgan fingerprint density at radius 1 is 1.18 bits per heavy atom. The second kappa shape index (κ2) is 7.34. The van der Waals surface area contributed by atoms with Crippen molar-refractivity contribution in [2.45, 2.75) is 33.1 Å². The van der Waals surface area contributed by atoms with Crippen LogP contribution in [0.2, 0.25) is 0 Å². The first-order chi connectivity index (χ1) is 8.12. The Kier molecular flexibility index (Phi) is 6.45. The Morgan fingerprint density at radius 3 is 2.41 bits per heavy atom. The van der Waals surface area contributed by atoms with E-state index in [1.807, 2.05) is 0 Å². The number of hydrogen-bond acceptors (Lipinski definition) is 3. The molecule has 17 heavy (non-hydrogen) atoms. The zero-order valence-corrected chi connectivity index (χ0v) is 12.3. The van der Waals surface area contributed by atoms with Crippen molar-refractivity contribution >= 4 is 0 Å². The van der Waals surface area contributed by atoms with Crippen LogP contribution in [0.3, 0.4) is 0 Å². The van der Waals surface area contributed by atoms with Gasteiger partial charge in [-0.15, -0.1) is 0 Å². The minimum absolute atomic E-state index is 0.550. The lowest BCUT2D eigenvalue weighted by atomic mass is 9.83. The average Bonchev–Trinajstić information content (AvgIpc) is 2.76. The lowest BCUT2D eigenvalue weighted by Gasteiger charge is -2.33. The third-order valence-corrected chi connectivity index (χ3v) is 4.17. The highest BCUT2D eigenvalue weighted by Crippen LogP contribution is 2.30. The number of nitrogens with zero attached hydrogens (tertiary/aromatic N) is 2. The smallest absolute Gasteiger partial charge is 0.00504 e. The van der Waals surface area contributed by atoms with E-state index in [-0.39, 0.29) is 0 Å². The highest BCUT2D eigenvalue weighted by Gasteiger charge is 2.33. The summed E-state index contributed by atoms with van der Waals surface area (Å²) in [5.41, 5.74) is 0.550. The SMILES string of the molecule is CCN(CCCN(C)C)CC1(CC)CCNC1. The molecule has 3 nitrogen and oxygen atoms in total. The van der Waals surface area contributed by atoms with Gasteiger partial charge in [-0.2, -0.15) is 0 Å². The molecule has 0 aliphatic carbocycles. The summed E-state index contributed by atoms with van der Waals surface area (Å²) in [6.45, 7) is 12.0. The van der Waals surface area contributed by atoms with Gasteiger partial charge >= 0.3 is 0 Å². The summed E-state index contributed by atoms with van der Waals surface area (Å²) in [5, 5.41) is 3.53. The maximum atomic E-state index is 3.53. The van der Waals surface area contributed by atoms with Crippen LogP contribution in [-0.2, 0) is 0 Å². The molecular formula is C14H31N3. The van der Waals surface area contributed by atoms with Gasteiger partial charge in [-0.25, -0.2) is 0 Å². The van der Waals surface area contributed by atoms with E-state index in [2.05, 4.69) is 43.1 Å². The minimum Gasteiger partial charge on any atom is -0.316 e. The van der Waals surface area contributed by atoms with E-state index in [4.69, 9.17) is 0 Å². The Balaban J connectivity index is 2.34. The third-order valence-electron chi connectivity index (χ3n) is 4.17. The predicted molar refractivity (Wildman–Crippen MR) is 75.5 cm³/mol. The molecule has 1 saturated heterocycles. The summed E-state index contributed by atoms with van der Waals surface area (Å²) in [6, 6.07) is 0. The fourth-order valence-corrected chi connectivity index (χ4v) is 2.78. The van der Waals surface area contributed by atoms with Gasteiger partial charge in [0.2, 0.25) is 0 Å². The Bertz CT molecular complexity index is 198. The van der Waals surface area contributed by atoms with Gasteiger partial charge in [0, 0.05) is 13.1 Å². The van der Waals surface area contributed by atoms with Gasteiger partial charge in [0.1, 0.15) is 0 Å². The van der Waals surface area contributed by atoms with Gasteiger partial charge in [-0.1, -0.05) is 13.8 Å². The zero-order chi connectivity index (χ0) is 12.7. The quantitative estimate of drug-likeness (QED) is 0.697. The van der Waals surface area contributed by atoms with Crippen LogP contribution in [0.4, 0.5) is 0 Å². The molecule has 0 bridgehead atoms. The second-order valence-corrected chi connectivity index (χ2v) is 5.81. The number of nitrogens with one attached hydrogen (secondary N) is 1. The number of rotatable bonds is 8. The van der Waals surface area contributed by atoms with Crippen LogP contribution < -0.4 is 5.32 Å². The van der Waals surface area contributed by atoms with Crippen molar-refractivity contribution in [3.05, 3.63) is 0 Å². The van der Waals surface area contributed by atoms with Crippen molar-refractivity contribution in [1.82, 2.24) is 15.1 Å². The highest BCUT2D eigenvalue weighted by atomic mass is 15.1. The summed E-state index contributed by atoms with van der Waals surface area (Å²) in [6.07, 6.45) is 3.95. The standard InChI is InChI=1S/C14H31N3/c1-5-14(8-9-15-12-14)13-17(6-2)11-7-10-16(3)4/h15H,5-13H2,1-4H3. The highest BCUT2D eigenvalue weighted by molar-refractivity contribution is 4.89. The van der Waals surface area contributed by atoms with Crippen LogP contribution in [0, 0.1) is 5.41 Å². The van der Waals surface area contributed by atoms with E-state index in [0.717, 1.165) is 0 Å². The van der Waals surface area contributed by atoms with Crippen molar-refractivity contribution in [3.63, 3.8) is 0 Å². The van der Waals surface area contributed by atoms with Crippen LogP contribution in [0.25, 0.3) is 0 Å². The molecule has 1 fully saturated rings. The number of hydrogen-bond donors (Lipinski definition) is 1. The molecule has 0 spiro atoms. The predicted octanol–water partition coefficient (Wildman–Crippen LogP) is 1.65. The first kappa shape index (κ1) is 14.9. The van der Waals surface area contributed by atoms with Crippen LogP contribution >= 0.6 is 0 Å². The Labute approximate surface area is 108 Å². The molecule has 1 aliphatic heterocycles. The normalized spacial score (nSPS) is 25.1. The van der Waals surface area contributed by atoms with Crippen LogP contribution in [0.15, 0.2) is 0 Å². The Hall–Kier alpha value is -0.120. The van der Waals surface area contributed by atoms with Crippen molar-refractivity contribution in [3.8, 4) is 0 Å². The molecule has 0 aromatic heterocycles. The molecule has 0 radical (unpaired) electrons. The molecule has 0 aromatic carbocycles. The monoisotopic (exact) mass is 241 g/mol. The fourth-order valence-electron chi connectivity index (χ4n) is 2.78. The zero-order valence-electron chi connectivity index (χ0n) is 12.3. The van der Waals surface area contributed by atoms with E-state index in [1.165, 1.54) is 58.5 Å². The molecule has 102 valence electrons. The van der Waals surface area contributed by atoms with Crippen molar-refractivity contribution < 1.29 is 0 Å². The lowest BCUT2D eigenvalue weighted by molar-refractivity contribution is 0.159. The lowest BCUT2D eigenvalue weighted by Crippen LogP contribution is -2.40. The van der Waals surface area contributed by atoms with Gasteiger partial charge in [0.05, 0.1) is 0 Å². The van der Waals surface area contributed by atoms with Crippen molar-refractivity contribution in [2.75, 3.05) is 53.4 Å². The summed E-state index contributed by atoms with van der Waals surface area (Å²) in [4.78, 5) is 4.92. The first-order valence-corrected chi connectivity index (χ1v) is 7.19. The van der Waals surface area contributed by atoms with Crippen molar-refractivity contribution in [1.29, 1.82) is 0 Å². The third kappa shape index (κ3) is 4.94. The van der Waals surface area contributed by atoms with Crippen LogP contribution in [-0.4, -0.2) is 63.2 Å². The summed E-state index contributed by atoms with van der Waals surface area (Å²) in [5.74, 6) is 0. The van der Waals surface area contributed by atoms with E-state index in [1.54, 1.807) is 0 Å². The van der Waals surface area contributed by atoms with E-state index in [0.29, 0.717) is 5.41 Å². The van der Waals surface area contributed by atoms with E-state index < -0.39 is 0 Å². The van der Waals surface area contributed by atoms with Crippen molar-refractivity contribution in [2.24, 2.45) is 5.41 Å². The largest absolute Gasteiger partial charge is 0.316 e. The molecule has 0 saturated carbocycles. The fraction of sp³-hybridized carbons (Fsp3) is 1.00.